The number of nitrogens with one attached hydrogen (secondary N) is 1. The molecule has 1 N–H and O–H groups in total. The maximum atomic E-state index is 13.6. The van der Waals surface area contributed by atoms with E-state index in [4.69, 9.17) is 11.6 Å². The van der Waals surface area contributed by atoms with E-state index in [-0.39, 0.29) is 11.9 Å². The van der Waals surface area contributed by atoms with Crippen LogP contribution in [0.1, 0.15) is 23.4 Å². The Morgan fingerprint density at radius 3 is 2.65 bits per heavy atom. The third kappa shape index (κ3) is 2.99. The van der Waals surface area contributed by atoms with E-state index < -0.39 is 0 Å². The standard InChI is InChI=1S/C13H13ClFNS/c1-8-3-4-11(10(15)7-8)16-9(2)12-5-6-13(14)17-12/h3-7,9,16H,1-2H3. The van der Waals surface area contributed by atoms with Crippen LogP contribution in [-0.2, 0) is 0 Å². The molecule has 0 saturated carbocycles. The minimum Gasteiger partial charge on any atom is -0.375 e. The molecule has 0 radical (unpaired) electrons. The summed E-state index contributed by atoms with van der Waals surface area (Å²) in [5.74, 6) is -0.223. The molecule has 0 saturated heterocycles. The third-order valence-electron chi connectivity index (χ3n) is 2.52. The molecule has 0 bridgehead atoms. The van der Waals surface area contributed by atoms with Crippen LogP contribution in [0.15, 0.2) is 30.3 Å². The van der Waals surface area contributed by atoms with Crippen LogP contribution in [0.3, 0.4) is 0 Å². The Morgan fingerprint density at radius 1 is 1.29 bits per heavy atom. The van der Waals surface area contributed by atoms with Crippen LogP contribution < -0.4 is 5.32 Å². The van der Waals surface area contributed by atoms with Crippen LogP contribution in [-0.4, -0.2) is 0 Å². The molecule has 90 valence electrons. The van der Waals surface area contributed by atoms with E-state index in [2.05, 4.69) is 5.32 Å². The van der Waals surface area contributed by atoms with Gasteiger partial charge in [0.1, 0.15) is 5.82 Å². The van der Waals surface area contributed by atoms with E-state index in [0.717, 1.165) is 14.8 Å². The molecule has 0 fully saturated rings. The van der Waals surface area contributed by atoms with Gasteiger partial charge in [-0.05, 0) is 43.7 Å². The Hall–Kier alpha value is -1.06. The van der Waals surface area contributed by atoms with E-state index in [1.165, 1.54) is 17.4 Å². The number of thiophene rings is 1. The lowest BCUT2D eigenvalue weighted by molar-refractivity contribution is 0.626. The molecular formula is C13H13ClFNS. The molecular weight excluding hydrogens is 257 g/mol. The van der Waals surface area contributed by atoms with Crippen molar-refractivity contribution in [3.8, 4) is 0 Å². The topological polar surface area (TPSA) is 12.0 Å². The van der Waals surface area contributed by atoms with Gasteiger partial charge in [0.2, 0.25) is 0 Å². The first-order chi connectivity index (χ1) is 8.06. The first-order valence-electron chi connectivity index (χ1n) is 5.34. The van der Waals surface area contributed by atoms with Gasteiger partial charge >= 0.3 is 0 Å². The first-order valence-corrected chi connectivity index (χ1v) is 6.53. The van der Waals surface area contributed by atoms with Crippen molar-refractivity contribution in [2.24, 2.45) is 0 Å². The van der Waals surface area contributed by atoms with Gasteiger partial charge in [-0.3, -0.25) is 0 Å². The molecule has 1 nitrogen and oxygen atoms in total. The second-order valence-corrected chi connectivity index (χ2v) is 5.74. The average molecular weight is 270 g/mol. The Kier molecular flexibility index (Phi) is 3.69. The molecule has 0 aliphatic heterocycles. The van der Waals surface area contributed by atoms with Gasteiger partial charge in [0.15, 0.2) is 0 Å². The largest absolute Gasteiger partial charge is 0.375 e. The Labute approximate surface area is 109 Å². The minimum atomic E-state index is -0.223. The summed E-state index contributed by atoms with van der Waals surface area (Å²) in [4.78, 5) is 1.09. The van der Waals surface area contributed by atoms with Gasteiger partial charge in [-0.2, -0.15) is 0 Å². The van der Waals surface area contributed by atoms with Crippen LogP contribution in [0.4, 0.5) is 10.1 Å². The van der Waals surface area contributed by atoms with Crippen LogP contribution in [0.5, 0.6) is 0 Å². The van der Waals surface area contributed by atoms with Crippen molar-refractivity contribution >= 4 is 28.6 Å². The van der Waals surface area contributed by atoms with Gasteiger partial charge < -0.3 is 5.32 Å². The number of hydrogen-bond acceptors (Lipinski definition) is 2. The fourth-order valence-corrected chi connectivity index (χ4v) is 2.67. The predicted octanol–water partition coefficient (Wildman–Crippen LogP) is 5.02. The van der Waals surface area contributed by atoms with Crippen LogP contribution >= 0.6 is 22.9 Å². The monoisotopic (exact) mass is 269 g/mol. The first kappa shape index (κ1) is 12.4. The maximum absolute atomic E-state index is 13.6. The third-order valence-corrected chi connectivity index (χ3v) is 3.93. The Morgan fingerprint density at radius 2 is 2.06 bits per heavy atom. The SMILES string of the molecule is Cc1ccc(NC(C)c2ccc(Cl)s2)c(F)c1. The summed E-state index contributed by atoms with van der Waals surface area (Å²) in [5, 5.41) is 3.14. The summed E-state index contributed by atoms with van der Waals surface area (Å²) in [6.45, 7) is 3.86. The molecule has 0 amide bonds. The van der Waals surface area contributed by atoms with Gasteiger partial charge in [-0.1, -0.05) is 17.7 Å². The second kappa shape index (κ2) is 5.07. The van der Waals surface area contributed by atoms with Crippen molar-refractivity contribution in [3.63, 3.8) is 0 Å². The Bertz CT molecular complexity index is 524. The highest BCUT2D eigenvalue weighted by molar-refractivity contribution is 7.16. The predicted molar refractivity (Wildman–Crippen MR) is 72.5 cm³/mol. The number of rotatable bonds is 3. The summed E-state index contributed by atoms with van der Waals surface area (Å²) in [7, 11) is 0. The quantitative estimate of drug-likeness (QED) is 0.825. The number of benzene rings is 1. The summed E-state index contributed by atoms with van der Waals surface area (Å²) in [5.41, 5.74) is 1.44. The molecule has 4 heteroatoms. The summed E-state index contributed by atoms with van der Waals surface area (Å²) < 4.78 is 14.4. The maximum Gasteiger partial charge on any atom is 0.146 e. The van der Waals surface area contributed by atoms with Gasteiger partial charge in [0, 0.05) is 4.88 Å². The lowest BCUT2D eigenvalue weighted by Gasteiger charge is -2.14. The van der Waals surface area contributed by atoms with E-state index in [9.17, 15) is 4.39 Å². The molecule has 1 aromatic carbocycles. The van der Waals surface area contributed by atoms with Crippen molar-refractivity contribution in [2.45, 2.75) is 19.9 Å². The summed E-state index contributed by atoms with van der Waals surface area (Å²) in [6.07, 6.45) is 0. The molecule has 2 aromatic rings. The van der Waals surface area contributed by atoms with Crippen LogP contribution in [0.25, 0.3) is 0 Å². The summed E-state index contributed by atoms with van der Waals surface area (Å²) in [6, 6.07) is 9.03. The van der Waals surface area contributed by atoms with Crippen molar-refractivity contribution < 1.29 is 4.39 Å². The summed E-state index contributed by atoms with van der Waals surface area (Å²) >= 11 is 7.38. The van der Waals surface area contributed by atoms with Gasteiger partial charge in [-0.25, -0.2) is 4.39 Å². The van der Waals surface area contributed by atoms with E-state index in [1.54, 1.807) is 6.07 Å². The van der Waals surface area contributed by atoms with E-state index in [0.29, 0.717) is 5.69 Å². The molecule has 2 rings (SSSR count). The highest BCUT2D eigenvalue weighted by Gasteiger charge is 2.10. The molecule has 1 atom stereocenters. The molecule has 1 aromatic heterocycles. The lowest BCUT2D eigenvalue weighted by Crippen LogP contribution is -2.06. The van der Waals surface area contributed by atoms with Crippen molar-refractivity contribution in [1.29, 1.82) is 0 Å². The van der Waals surface area contributed by atoms with Gasteiger partial charge in [0.05, 0.1) is 16.1 Å². The minimum absolute atomic E-state index is 0.0460. The smallest absolute Gasteiger partial charge is 0.146 e. The van der Waals surface area contributed by atoms with Crippen LogP contribution in [0, 0.1) is 12.7 Å². The number of aryl methyl sites for hydroxylation is 1. The zero-order chi connectivity index (χ0) is 12.4. The van der Waals surface area contributed by atoms with E-state index >= 15 is 0 Å². The number of halogens is 2. The van der Waals surface area contributed by atoms with Crippen molar-refractivity contribution in [3.05, 3.63) is 50.9 Å². The fourth-order valence-electron chi connectivity index (χ4n) is 1.60. The fraction of sp³-hybridized carbons (Fsp3) is 0.231. The molecule has 1 unspecified atom stereocenters. The highest BCUT2D eigenvalue weighted by Crippen LogP contribution is 2.29. The average Bonchev–Trinajstić information content (AvgIpc) is 2.69. The zero-order valence-corrected chi connectivity index (χ0v) is 11.2. The molecule has 0 aliphatic carbocycles. The zero-order valence-electron chi connectivity index (χ0n) is 9.63. The lowest BCUT2D eigenvalue weighted by atomic mass is 10.2. The molecule has 1 heterocycles. The van der Waals surface area contributed by atoms with E-state index in [1.807, 2.05) is 32.0 Å². The number of anilines is 1. The highest BCUT2D eigenvalue weighted by atomic mass is 35.5. The number of hydrogen-bond donors (Lipinski definition) is 1. The normalized spacial score (nSPS) is 12.5. The van der Waals surface area contributed by atoms with Crippen molar-refractivity contribution in [1.82, 2.24) is 0 Å². The van der Waals surface area contributed by atoms with Gasteiger partial charge in [-0.15, -0.1) is 11.3 Å². The van der Waals surface area contributed by atoms with Crippen molar-refractivity contribution in [2.75, 3.05) is 5.32 Å². The van der Waals surface area contributed by atoms with Crippen LogP contribution in [0.2, 0.25) is 4.34 Å². The van der Waals surface area contributed by atoms with Gasteiger partial charge in [0.25, 0.3) is 0 Å². The Balaban J connectivity index is 2.15. The molecule has 17 heavy (non-hydrogen) atoms. The molecule has 0 spiro atoms. The second-order valence-electron chi connectivity index (χ2n) is 3.99. The molecule has 0 aliphatic rings.